The summed E-state index contributed by atoms with van der Waals surface area (Å²) < 4.78 is 13.0. The first-order valence-electron chi connectivity index (χ1n) is 13.8. The van der Waals surface area contributed by atoms with Crippen LogP contribution in [-0.4, -0.2) is 81.7 Å². The third kappa shape index (κ3) is 7.45. The lowest BCUT2D eigenvalue weighted by Crippen LogP contribution is -2.21. The molecule has 1 heterocycles. The third-order valence-electron chi connectivity index (χ3n) is 6.96. The number of pyridine rings is 1. The van der Waals surface area contributed by atoms with E-state index in [2.05, 4.69) is 15.2 Å². The maximum atomic E-state index is 13.9. The number of nitrogens with zero attached hydrogens (tertiary/aromatic N) is 3. The summed E-state index contributed by atoms with van der Waals surface area (Å²) in [5, 5.41) is 6.75. The van der Waals surface area contributed by atoms with Gasteiger partial charge in [-0.2, -0.15) is 0 Å². The Morgan fingerprint density at radius 1 is 0.714 bits per heavy atom. The molecule has 0 atom stereocenters. The van der Waals surface area contributed by atoms with Crippen molar-refractivity contribution in [3.8, 4) is 11.5 Å². The van der Waals surface area contributed by atoms with Gasteiger partial charge in [-0.05, 0) is 82.3 Å². The molecule has 1 aromatic heterocycles. The van der Waals surface area contributed by atoms with Crippen molar-refractivity contribution in [1.82, 2.24) is 14.4 Å². The number of anilines is 2. The summed E-state index contributed by atoms with van der Waals surface area (Å²) in [6.07, 6.45) is 0.670. The number of benzene rings is 3. The lowest BCUT2D eigenvalue weighted by molar-refractivity contribution is -0.117. The van der Waals surface area contributed by atoms with Gasteiger partial charge in [0.25, 0.3) is 0 Å². The van der Waals surface area contributed by atoms with Gasteiger partial charge in [0.1, 0.15) is 11.5 Å². The van der Waals surface area contributed by atoms with Crippen LogP contribution in [0.3, 0.4) is 0 Å². The average Bonchev–Trinajstić information content (AvgIpc) is 2.97. The number of rotatable bonds is 12. The van der Waals surface area contributed by atoms with Gasteiger partial charge < -0.3 is 34.5 Å². The molecule has 0 aliphatic carbocycles. The molecule has 42 heavy (non-hydrogen) atoms. The molecule has 4 rings (SSSR count). The Labute approximate surface area is 245 Å². The zero-order chi connectivity index (χ0) is 30.4. The summed E-state index contributed by atoms with van der Waals surface area (Å²) in [5.74, 6) is 1.06. The van der Waals surface area contributed by atoms with Crippen molar-refractivity contribution in [3.63, 3.8) is 0 Å². The zero-order valence-electron chi connectivity index (χ0n) is 25.1. The monoisotopic (exact) mass is 573 g/mol. The van der Waals surface area contributed by atoms with E-state index in [4.69, 9.17) is 9.47 Å². The van der Waals surface area contributed by atoms with Gasteiger partial charge in [-0.25, -0.2) is 0 Å². The number of amides is 2. The molecule has 0 radical (unpaired) electrons. The molecule has 0 aliphatic heterocycles. The van der Waals surface area contributed by atoms with E-state index in [0.29, 0.717) is 77.2 Å². The van der Waals surface area contributed by atoms with Gasteiger partial charge in [-0.1, -0.05) is 0 Å². The van der Waals surface area contributed by atoms with Crippen molar-refractivity contribution in [1.29, 1.82) is 0 Å². The molecule has 0 fully saturated rings. The van der Waals surface area contributed by atoms with Gasteiger partial charge in [0.2, 0.25) is 11.8 Å². The van der Waals surface area contributed by atoms with E-state index in [1.165, 1.54) is 0 Å². The van der Waals surface area contributed by atoms with Gasteiger partial charge in [0, 0.05) is 60.7 Å². The number of aromatic nitrogens is 1. The number of methoxy groups -OCH3 is 2. The molecule has 2 N–H and O–H groups in total. The van der Waals surface area contributed by atoms with Gasteiger partial charge >= 0.3 is 0 Å². The molecule has 222 valence electrons. The molecule has 0 bridgehead atoms. The highest BCUT2D eigenvalue weighted by molar-refractivity contribution is 6.00. The molecule has 3 aromatic carbocycles. The zero-order valence-corrected chi connectivity index (χ0v) is 25.1. The molecular weight excluding hydrogens is 534 g/mol. The van der Waals surface area contributed by atoms with E-state index >= 15 is 0 Å². The molecule has 0 saturated heterocycles. The fraction of sp³-hybridized carbons (Fsp3) is 0.344. The topological polar surface area (TPSA) is 105 Å². The van der Waals surface area contributed by atoms with E-state index < -0.39 is 0 Å². The van der Waals surface area contributed by atoms with Crippen LogP contribution in [0.25, 0.3) is 21.8 Å². The van der Waals surface area contributed by atoms with Crippen LogP contribution in [0.1, 0.15) is 18.4 Å². The molecular formula is C32H39N5O5. The van der Waals surface area contributed by atoms with Gasteiger partial charge in [0.05, 0.1) is 25.3 Å². The number of hydrogen-bond acceptors (Lipinski definition) is 7. The summed E-state index contributed by atoms with van der Waals surface area (Å²) in [7, 11) is 10.8. The van der Waals surface area contributed by atoms with E-state index in [1.54, 1.807) is 26.4 Å². The fourth-order valence-electron chi connectivity index (χ4n) is 4.74. The highest BCUT2D eigenvalue weighted by Gasteiger charge is 2.15. The van der Waals surface area contributed by atoms with Crippen LogP contribution in [0.5, 0.6) is 11.5 Å². The van der Waals surface area contributed by atoms with E-state index in [0.717, 1.165) is 5.56 Å². The van der Waals surface area contributed by atoms with E-state index in [9.17, 15) is 14.4 Å². The number of carbonyl (C=O) groups excluding carboxylic acids is 2. The fourth-order valence-corrected chi connectivity index (χ4v) is 4.74. The quantitative estimate of drug-likeness (QED) is 0.247. The number of carbonyl (C=O) groups is 2. The summed E-state index contributed by atoms with van der Waals surface area (Å²) in [6.45, 7) is 1.65. The van der Waals surface area contributed by atoms with Crippen LogP contribution in [-0.2, 0) is 16.1 Å². The summed E-state index contributed by atoms with van der Waals surface area (Å²) in [5.41, 5.74) is 3.25. The third-order valence-corrected chi connectivity index (χ3v) is 6.96. The highest BCUT2D eigenvalue weighted by atomic mass is 16.5. The smallest absolute Gasteiger partial charge is 0.225 e. The molecule has 0 aliphatic rings. The van der Waals surface area contributed by atoms with Crippen molar-refractivity contribution in [2.75, 3.05) is 66.1 Å². The predicted molar refractivity (Wildman–Crippen MR) is 168 cm³/mol. The minimum absolute atomic E-state index is 0.129. The average molecular weight is 574 g/mol. The molecule has 2 amide bonds. The van der Waals surface area contributed by atoms with E-state index in [1.807, 2.05) is 80.5 Å². The van der Waals surface area contributed by atoms with Crippen LogP contribution in [0.15, 0.2) is 59.4 Å². The summed E-state index contributed by atoms with van der Waals surface area (Å²) in [6, 6.07) is 16.4. The highest BCUT2D eigenvalue weighted by Crippen LogP contribution is 2.28. The van der Waals surface area contributed by atoms with Crippen molar-refractivity contribution < 1.29 is 19.1 Å². The molecule has 0 saturated carbocycles. The van der Waals surface area contributed by atoms with E-state index in [-0.39, 0.29) is 17.2 Å². The first kappa shape index (κ1) is 30.5. The Morgan fingerprint density at radius 2 is 1.17 bits per heavy atom. The number of fused-ring (bicyclic) bond motifs is 2. The van der Waals surface area contributed by atoms with Crippen molar-refractivity contribution in [3.05, 3.63) is 70.4 Å². The number of hydrogen-bond donors (Lipinski definition) is 2. The maximum absolute atomic E-state index is 13.9. The Morgan fingerprint density at radius 3 is 1.57 bits per heavy atom. The van der Waals surface area contributed by atoms with Crippen LogP contribution < -0.4 is 25.5 Å². The van der Waals surface area contributed by atoms with Gasteiger partial charge in [-0.3, -0.25) is 14.4 Å². The predicted octanol–water partition coefficient (Wildman–Crippen LogP) is 4.00. The Hall–Kier alpha value is -4.41. The second-order valence-electron chi connectivity index (χ2n) is 10.8. The molecule has 10 nitrogen and oxygen atoms in total. The van der Waals surface area contributed by atoms with Crippen LogP contribution in [0.4, 0.5) is 11.4 Å². The normalized spacial score (nSPS) is 11.3. The minimum Gasteiger partial charge on any atom is -0.497 e. The summed E-state index contributed by atoms with van der Waals surface area (Å²) in [4.78, 5) is 42.9. The Kier molecular flexibility index (Phi) is 9.82. The molecule has 0 spiro atoms. The summed E-state index contributed by atoms with van der Waals surface area (Å²) >= 11 is 0. The number of ether oxygens (including phenoxy) is 2. The van der Waals surface area contributed by atoms with Crippen molar-refractivity contribution in [2.24, 2.45) is 0 Å². The minimum atomic E-state index is -0.187. The standard InChI is InChI=1S/C32H39N5O5/c1-35(2)13-11-30(38)33-22-7-9-28-26(17-22)32(40)27-18-23(34-31(39)12-14-36(3)4)8-10-29(27)37(28)20-21-15-24(41-5)19-25(16-21)42-6/h7-10,15-19H,11-14,20H2,1-6H3,(H,33,38)(H,34,39). The van der Waals surface area contributed by atoms with Crippen LogP contribution in [0, 0.1) is 0 Å². The maximum Gasteiger partial charge on any atom is 0.225 e. The SMILES string of the molecule is COc1cc(Cn2c3ccc(NC(=O)CCN(C)C)cc3c(=O)c3cc(NC(=O)CCN(C)C)ccc32)cc(OC)c1. The van der Waals surface area contributed by atoms with Crippen LogP contribution in [0.2, 0.25) is 0 Å². The lowest BCUT2D eigenvalue weighted by atomic mass is 10.1. The second-order valence-corrected chi connectivity index (χ2v) is 10.8. The first-order valence-corrected chi connectivity index (χ1v) is 13.8. The van der Waals surface area contributed by atoms with Gasteiger partial charge in [-0.15, -0.1) is 0 Å². The molecule has 10 heteroatoms. The molecule has 0 unspecified atom stereocenters. The van der Waals surface area contributed by atoms with Gasteiger partial charge in [0.15, 0.2) is 5.43 Å². The van der Waals surface area contributed by atoms with Crippen molar-refractivity contribution >= 4 is 45.0 Å². The number of nitrogens with one attached hydrogen (secondary N) is 2. The molecule has 4 aromatic rings. The largest absolute Gasteiger partial charge is 0.497 e. The Bertz CT molecular complexity index is 1550. The lowest BCUT2D eigenvalue weighted by Gasteiger charge is -2.18. The Balaban J connectivity index is 1.82. The van der Waals surface area contributed by atoms with Crippen LogP contribution >= 0.6 is 0 Å². The first-order chi connectivity index (χ1) is 20.1. The van der Waals surface area contributed by atoms with Crippen molar-refractivity contribution in [2.45, 2.75) is 19.4 Å². The second kappa shape index (κ2) is 13.5.